The Morgan fingerprint density at radius 3 is 1.14 bits per heavy atom. The van der Waals surface area contributed by atoms with Crippen LogP contribution in [0.15, 0.2) is 60.7 Å². The molecule has 0 aromatic heterocycles. The fourth-order valence-electron chi connectivity index (χ4n) is 2.44. The van der Waals surface area contributed by atoms with E-state index in [9.17, 15) is 0 Å². The summed E-state index contributed by atoms with van der Waals surface area (Å²) in [5.41, 5.74) is 2.83. The monoisotopic (exact) mass is 404 g/mol. The summed E-state index contributed by atoms with van der Waals surface area (Å²) in [4.78, 5) is 0. The molecule has 0 fully saturated rings. The molecular weight excluding hydrogens is 364 g/mol. The molecule has 0 bridgehead atoms. The molecule has 2 aromatic carbocycles. The summed E-state index contributed by atoms with van der Waals surface area (Å²) in [6.45, 7) is 6.44. The van der Waals surface area contributed by atoms with Gasteiger partial charge < -0.3 is 13.3 Å². The van der Waals surface area contributed by atoms with Gasteiger partial charge in [-0.25, -0.2) is 0 Å². The van der Waals surface area contributed by atoms with E-state index < -0.39 is 8.80 Å². The van der Waals surface area contributed by atoms with Crippen molar-refractivity contribution in [3.63, 3.8) is 0 Å². The summed E-state index contributed by atoms with van der Waals surface area (Å²) in [6.07, 6.45) is 5.93. The molecule has 2 rings (SSSR count). The van der Waals surface area contributed by atoms with E-state index in [2.05, 4.69) is 81.4 Å². The van der Waals surface area contributed by atoms with E-state index >= 15 is 0 Å². The average molecular weight is 405 g/mol. The average Bonchev–Trinajstić information content (AvgIpc) is 2.78. The lowest BCUT2D eigenvalue weighted by atomic mass is 10.0. The van der Waals surface area contributed by atoms with Crippen LogP contribution in [0.3, 0.4) is 0 Å². The van der Waals surface area contributed by atoms with Gasteiger partial charge >= 0.3 is 8.80 Å². The molecule has 0 unspecified atom stereocenters. The van der Waals surface area contributed by atoms with Crippen molar-refractivity contribution >= 4 is 8.80 Å². The van der Waals surface area contributed by atoms with Gasteiger partial charge in [-0.2, -0.15) is 0 Å². The van der Waals surface area contributed by atoms with Crippen LogP contribution in [-0.4, -0.2) is 30.1 Å². The minimum absolute atomic E-state index is 0.885. The molecule has 0 heterocycles. The quantitative estimate of drug-likeness (QED) is 0.443. The fraction of sp³-hybridized carbons (Fsp3) is 0.500. The van der Waals surface area contributed by atoms with E-state index in [1.807, 2.05) is 0 Å². The molecule has 0 saturated heterocycles. The maximum atomic E-state index is 5.17. The van der Waals surface area contributed by atoms with Crippen molar-refractivity contribution in [2.75, 3.05) is 21.3 Å². The third-order valence-corrected chi connectivity index (χ3v) is 7.36. The normalized spacial score (nSPS) is 10.4. The Morgan fingerprint density at radius 2 is 0.929 bits per heavy atom. The Balaban J connectivity index is 0.000000458. The number of hydrogen-bond acceptors (Lipinski definition) is 3. The van der Waals surface area contributed by atoms with E-state index in [4.69, 9.17) is 13.3 Å². The Labute approximate surface area is 174 Å². The van der Waals surface area contributed by atoms with Crippen molar-refractivity contribution in [3.8, 4) is 0 Å². The predicted octanol–water partition coefficient (Wildman–Crippen LogP) is 6.55. The molecule has 0 N–H and O–H groups in total. The van der Waals surface area contributed by atoms with Crippen LogP contribution in [0.25, 0.3) is 0 Å². The van der Waals surface area contributed by atoms with Crippen LogP contribution in [-0.2, 0) is 26.1 Å². The molecule has 158 valence electrons. The van der Waals surface area contributed by atoms with Crippen LogP contribution >= 0.6 is 0 Å². The molecule has 0 aliphatic heterocycles. The Bertz CT molecular complexity index is 507. The van der Waals surface area contributed by atoms with Gasteiger partial charge in [0, 0.05) is 27.4 Å². The van der Waals surface area contributed by atoms with Gasteiger partial charge in [0.15, 0.2) is 0 Å². The number of unbranched alkanes of at least 4 members (excludes halogenated alkanes) is 1. The zero-order chi connectivity index (χ0) is 21.1. The molecule has 0 radical (unpaired) electrons. The fourth-order valence-corrected chi connectivity index (χ4v) is 4.17. The molecule has 0 aliphatic carbocycles. The third kappa shape index (κ3) is 12.1. The standard InChI is InChI=1S/C14H14.C6H16O3Si.C4H10/c1-3-7-13(8-4-1)11-12-14-9-5-2-6-10-14;1-5-6-10(7-2,8-3)9-4;1-3-4-2/h1-10H,11-12H2;5-6H2,1-4H3;3-4H2,1-2H3. The zero-order valence-corrected chi connectivity index (χ0v) is 19.7. The van der Waals surface area contributed by atoms with Gasteiger partial charge in [0.2, 0.25) is 0 Å². The largest absolute Gasteiger partial charge is 0.500 e. The van der Waals surface area contributed by atoms with Crippen molar-refractivity contribution in [3.05, 3.63) is 71.8 Å². The second-order valence-corrected chi connectivity index (χ2v) is 9.61. The highest BCUT2D eigenvalue weighted by molar-refractivity contribution is 6.60. The van der Waals surface area contributed by atoms with Gasteiger partial charge in [-0.1, -0.05) is 101 Å². The van der Waals surface area contributed by atoms with Crippen LogP contribution in [0.1, 0.15) is 51.2 Å². The van der Waals surface area contributed by atoms with E-state index in [1.165, 1.54) is 24.0 Å². The first-order chi connectivity index (χ1) is 13.6. The topological polar surface area (TPSA) is 27.7 Å². The number of aryl methyl sites for hydroxylation is 2. The van der Waals surface area contributed by atoms with Gasteiger partial charge in [0.25, 0.3) is 0 Å². The van der Waals surface area contributed by atoms with Crippen LogP contribution in [0.4, 0.5) is 0 Å². The summed E-state index contributed by atoms with van der Waals surface area (Å²) in [7, 11) is 2.68. The molecule has 0 amide bonds. The molecular formula is C24H40O3Si. The van der Waals surface area contributed by atoms with Crippen LogP contribution in [0.5, 0.6) is 0 Å². The Kier molecular flexibility index (Phi) is 16.7. The van der Waals surface area contributed by atoms with Crippen LogP contribution in [0, 0.1) is 0 Å². The lowest BCUT2D eigenvalue weighted by Crippen LogP contribution is -2.42. The molecule has 0 aliphatic rings. The van der Waals surface area contributed by atoms with E-state index in [0.29, 0.717) is 0 Å². The summed E-state index contributed by atoms with van der Waals surface area (Å²) in [6, 6.07) is 22.1. The number of rotatable bonds is 9. The lowest BCUT2D eigenvalue weighted by molar-refractivity contribution is 0.123. The van der Waals surface area contributed by atoms with Crippen molar-refractivity contribution < 1.29 is 13.3 Å². The molecule has 3 nitrogen and oxygen atoms in total. The van der Waals surface area contributed by atoms with E-state index in [0.717, 1.165) is 25.3 Å². The highest BCUT2D eigenvalue weighted by Gasteiger charge is 2.36. The predicted molar refractivity (Wildman–Crippen MR) is 123 cm³/mol. The van der Waals surface area contributed by atoms with E-state index in [-0.39, 0.29) is 0 Å². The van der Waals surface area contributed by atoms with Gasteiger partial charge in [0.1, 0.15) is 0 Å². The highest BCUT2D eigenvalue weighted by Crippen LogP contribution is 2.13. The van der Waals surface area contributed by atoms with Crippen LogP contribution in [0.2, 0.25) is 6.04 Å². The molecule has 2 aromatic rings. The van der Waals surface area contributed by atoms with Gasteiger partial charge in [-0.15, -0.1) is 0 Å². The summed E-state index contributed by atoms with van der Waals surface area (Å²) >= 11 is 0. The van der Waals surface area contributed by atoms with Crippen molar-refractivity contribution in [1.82, 2.24) is 0 Å². The summed E-state index contributed by atoms with van der Waals surface area (Å²) < 4.78 is 15.5. The smallest absolute Gasteiger partial charge is 0.377 e. The molecule has 28 heavy (non-hydrogen) atoms. The minimum Gasteiger partial charge on any atom is -0.377 e. The first kappa shape index (κ1) is 26.5. The van der Waals surface area contributed by atoms with Gasteiger partial charge in [-0.05, 0) is 24.0 Å². The third-order valence-electron chi connectivity index (χ3n) is 4.38. The van der Waals surface area contributed by atoms with Crippen molar-refractivity contribution in [1.29, 1.82) is 0 Å². The Morgan fingerprint density at radius 1 is 0.571 bits per heavy atom. The second-order valence-electron chi connectivity index (χ2n) is 6.52. The highest BCUT2D eigenvalue weighted by atomic mass is 28.4. The first-order valence-corrected chi connectivity index (χ1v) is 12.3. The van der Waals surface area contributed by atoms with Crippen LogP contribution < -0.4 is 0 Å². The second kappa shape index (κ2) is 17.6. The number of benzene rings is 2. The molecule has 0 atom stereocenters. The zero-order valence-electron chi connectivity index (χ0n) is 18.7. The Hall–Kier alpha value is -1.46. The lowest BCUT2D eigenvalue weighted by Gasteiger charge is -2.23. The summed E-state index contributed by atoms with van der Waals surface area (Å²) in [5.74, 6) is 0. The summed E-state index contributed by atoms with van der Waals surface area (Å²) in [5, 5.41) is 0. The SMILES string of the molecule is CCCC.CCC[Si](OC)(OC)OC.c1ccc(CCc2ccccc2)cc1. The van der Waals surface area contributed by atoms with Crippen molar-refractivity contribution in [2.24, 2.45) is 0 Å². The minimum atomic E-state index is -2.22. The maximum absolute atomic E-state index is 5.17. The van der Waals surface area contributed by atoms with Crippen molar-refractivity contribution in [2.45, 2.75) is 58.9 Å². The van der Waals surface area contributed by atoms with E-state index in [1.54, 1.807) is 21.3 Å². The first-order valence-electron chi connectivity index (χ1n) is 10.3. The molecule has 4 heteroatoms. The van der Waals surface area contributed by atoms with Gasteiger partial charge in [0.05, 0.1) is 0 Å². The van der Waals surface area contributed by atoms with Gasteiger partial charge in [-0.3, -0.25) is 0 Å². The molecule has 0 spiro atoms. The number of hydrogen-bond donors (Lipinski definition) is 0. The maximum Gasteiger partial charge on any atom is 0.500 e. The molecule has 0 saturated carbocycles.